The standard InChI is InChI=1S/C14H18N2O3S/c15-11-3-1-10(2-4-11)14(6-7-14)13(17)16-12-5-8-20(18,19)9-12/h1-4,12H,5-9,15H2,(H,16,17). The van der Waals surface area contributed by atoms with E-state index >= 15 is 0 Å². The second-order valence-corrected chi connectivity index (χ2v) is 8.01. The van der Waals surface area contributed by atoms with Crippen molar-refractivity contribution in [1.82, 2.24) is 5.32 Å². The molecule has 20 heavy (non-hydrogen) atoms. The summed E-state index contributed by atoms with van der Waals surface area (Å²) in [7, 11) is -2.97. The SMILES string of the molecule is Nc1ccc(C2(C(=O)NC3CCS(=O)(=O)C3)CC2)cc1. The first kappa shape index (κ1) is 13.4. The Morgan fingerprint density at radius 3 is 2.40 bits per heavy atom. The smallest absolute Gasteiger partial charge is 0.230 e. The molecular weight excluding hydrogens is 276 g/mol. The van der Waals surface area contributed by atoms with Gasteiger partial charge in [0.05, 0.1) is 16.9 Å². The van der Waals surface area contributed by atoms with Gasteiger partial charge >= 0.3 is 0 Å². The van der Waals surface area contributed by atoms with E-state index in [0.29, 0.717) is 12.1 Å². The maximum absolute atomic E-state index is 12.4. The molecule has 0 aromatic heterocycles. The van der Waals surface area contributed by atoms with Gasteiger partial charge in [-0.3, -0.25) is 4.79 Å². The zero-order chi connectivity index (χ0) is 14.4. The number of rotatable bonds is 3. The Morgan fingerprint density at radius 1 is 1.25 bits per heavy atom. The normalized spacial score (nSPS) is 26.1. The van der Waals surface area contributed by atoms with E-state index in [1.807, 2.05) is 12.1 Å². The molecule has 1 amide bonds. The summed E-state index contributed by atoms with van der Waals surface area (Å²) in [6, 6.07) is 7.12. The van der Waals surface area contributed by atoms with Crippen LogP contribution in [-0.4, -0.2) is 31.9 Å². The highest BCUT2D eigenvalue weighted by Crippen LogP contribution is 2.48. The highest BCUT2D eigenvalue weighted by molar-refractivity contribution is 7.91. The van der Waals surface area contributed by atoms with Gasteiger partial charge < -0.3 is 11.1 Å². The van der Waals surface area contributed by atoms with Crippen molar-refractivity contribution < 1.29 is 13.2 Å². The molecule has 3 N–H and O–H groups in total. The number of sulfone groups is 1. The molecule has 1 saturated heterocycles. The van der Waals surface area contributed by atoms with Gasteiger partial charge in [-0.25, -0.2) is 8.42 Å². The Hall–Kier alpha value is -1.56. The lowest BCUT2D eigenvalue weighted by Crippen LogP contribution is -2.42. The maximum atomic E-state index is 12.4. The van der Waals surface area contributed by atoms with E-state index < -0.39 is 15.3 Å². The van der Waals surface area contributed by atoms with Crippen LogP contribution in [0.5, 0.6) is 0 Å². The summed E-state index contributed by atoms with van der Waals surface area (Å²) >= 11 is 0. The third-order valence-corrected chi connectivity index (χ3v) is 5.98. The Balaban J connectivity index is 1.72. The highest BCUT2D eigenvalue weighted by atomic mass is 32.2. The van der Waals surface area contributed by atoms with Crippen LogP contribution in [0.2, 0.25) is 0 Å². The van der Waals surface area contributed by atoms with Crippen molar-refractivity contribution in [2.24, 2.45) is 0 Å². The Labute approximate surface area is 118 Å². The average Bonchev–Trinajstić information content (AvgIpc) is 3.12. The van der Waals surface area contributed by atoms with E-state index in [0.717, 1.165) is 18.4 Å². The van der Waals surface area contributed by atoms with Crippen molar-refractivity contribution in [3.8, 4) is 0 Å². The largest absolute Gasteiger partial charge is 0.399 e. The summed E-state index contributed by atoms with van der Waals surface area (Å²) in [4.78, 5) is 12.4. The highest BCUT2D eigenvalue weighted by Gasteiger charge is 2.51. The van der Waals surface area contributed by atoms with Gasteiger partial charge in [-0.15, -0.1) is 0 Å². The fourth-order valence-corrected chi connectivity index (χ4v) is 4.48. The molecule has 0 bridgehead atoms. The topological polar surface area (TPSA) is 89.3 Å². The van der Waals surface area contributed by atoms with Crippen LogP contribution >= 0.6 is 0 Å². The summed E-state index contributed by atoms with van der Waals surface area (Å²) in [5.74, 6) is 0.188. The molecule has 5 nitrogen and oxygen atoms in total. The number of nitrogens with one attached hydrogen (secondary N) is 1. The molecule has 2 aliphatic rings. The molecule has 1 atom stereocenters. The van der Waals surface area contributed by atoms with Crippen molar-refractivity contribution in [2.75, 3.05) is 17.2 Å². The van der Waals surface area contributed by atoms with Crippen LogP contribution in [0.4, 0.5) is 5.69 Å². The summed E-state index contributed by atoms with van der Waals surface area (Å²) < 4.78 is 22.9. The number of hydrogen-bond donors (Lipinski definition) is 2. The quantitative estimate of drug-likeness (QED) is 0.799. The average molecular weight is 294 g/mol. The van der Waals surface area contributed by atoms with Crippen LogP contribution < -0.4 is 11.1 Å². The van der Waals surface area contributed by atoms with Gasteiger partial charge in [0.25, 0.3) is 0 Å². The Morgan fingerprint density at radius 2 is 1.90 bits per heavy atom. The van der Waals surface area contributed by atoms with Gasteiger partial charge in [0, 0.05) is 11.7 Å². The molecule has 1 aromatic carbocycles. The molecule has 2 fully saturated rings. The zero-order valence-electron chi connectivity index (χ0n) is 11.1. The minimum absolute atomic E-state index is 0.0515. The van der Waals surface area contributed by atoms with E-state index in [1.54, 1.807) is 12.1 Å². The molecule has 1 heterocycles. The predicted molar refractivity (Wildman–Crippen MR) is 77.0 cm³/mol. The van der Waals surface area contributed by atoms with Gasteiger partial charge in [0.2, 0.25) is 5.91 Å². The zero-order valence-corrected chi connectivity index (χ0v) is 11.9. The molecule has 108 valence electrons. The number of carbonyl (C=O) groups excluding carboxylic acids is 1. The second kappa shape index (κ2) is 4.48. The molecular formula is C14H18N2O3S. The van der Waals surface area contributed by atoms with E-state index in [-0.39, 0.29) is 23.5 Å². The number of anilines is 1. The Bertz CT molecular complexity index is 633. The molecule has 1 aliphatic heterocycles. The van der Waals surface area contributed by atoms with Gasteiger partial charge in [0.1, 0.15) is 0 Å². The summed E-state index contributed by atoms with van der Waals surface area (Å²) in [6.07, 6.45) is 2.14. The lowest BCUT2D eigenvalue weighted by molar-refractivity contribution is -0.124. The summed E-state index contributed by atoms with van der Waals surface area (Å²) in [6.45, 7) is 0. The van der Waals surface area contributed by atoms with Crippen LogP contribution in [0.1, 0.15) is 24.8 Å². The third-order valence-electron chi connectivity index (χ3n) is 4.22. The second-order valence-electron chi connectivity index (χ2n) is 5.78. The van der Waals surface area contributed by atoms with Crippen LogP contribution in [0.25, 0.3) is 0 Å². The fraction of sp³-hybridized carbons (Fsp3) is 0.500. The van der Waals surface area contributed by atoms with Crippen molar-refractivity contribution in [1.29, 1.82) is 0 Å². The van der Waals surface area contributed by atoms with Crippen LogP contribution in [0.3, 0.4) is 0 Å². The van der Waals surface area contributed by atoms with Crippen molar-refractivity contribution in [2.45, 2.75) is 30.7 Å². The van der Waals surface area contributed by atoms with Gasteiger partial charge in [-0.1, -0.05) is 12.1 Å². The van der Waals surface area contributed by atoms with Crippen molar-refractivity contribution in [3.05, 3.63) is 29.8 Å². The number of amides is 1. The molecule has 1 aliphatic carbocycles. The number of nitrogen functional groups attached to an aromatic ring is 1. The molecule has 1 saturated carbocycles. The first-order valence-corrected chi connectivity index (χ1v) is 8.61. The number of nitrogens with two attached hydrogens (primary N) is 1. The van der Waals surface area contributed by atoms with E-state index in [4.69, 9.17) is 5.73 Å². The first-order valence-electron chi connectivity index (χ1n) is 6.79. The van der Waals surface area contributed by atoms with Gasteiger partial charge in [-0.05, 0) is 37.0 Å². The molecule has 0 radical (unpaired) electrons. The lowest BCUT2D eigenvalue weighted by Gasteiger charge is -2.19. The molecule has 1 aromatic rings. The van der Waals surface area contributed by atoms with Gasteiger partial charge in [0.15, 0.2) is 9.84 Å². The van der Waals surface area contributed by atoms with E-state index in [1.165, 1.54) is 0 Å². The Kier molecular flexibility index (Phi) is 3.01. The molecule has 3 rings (SSSR count). The van der Waals surface area contributed by atoms with Crippen molar-refractivity contribution in [3.63, 3.8) is 0 Å². The van der Waals surface area contributed by atoms with E-state index in [9.17, 15) is 13.2 Å². The number of benzene rings is 1. The lowest BCUT2D eigenvalue weighted by atomic mass is 9.94. The first-order chi connectivity index (χ1) is 9.41. The minimum Gasteiger partial charge on any atom is -0.399 e. The molecule has 0 spiro atoms. The summed E-state index contributed by atoms with van der Waals surface area (Å²) in [5.41, 5.74) is 6.82. The monoisotopic (exact) mass is 294 g/mol. The van der Waals surface area contributed by atoms with Gasteiger partial charge in [-0.2, -0.15) is 0 Å². The fourth-order valence-electron chi connectivity index (χ4n) is 2.81. The van der Waals surface area contributed by atoms with Crippen molar-refractivity contribution >= 4 is 21.4 Å². The predicted octanol–water partition coefficient (Wildman–Crippen LogP) is 0.604. The third kappa shape index (κ3) is 2.40. The van der Waals surface area contributed by atoms with Crippen LogP contribution in [0.15, 0.2) is 24.3 Å². The number of hydrogen-bond acceptors (Lipinski definition) is 4. The van der Waals surface area contributed by atoms with E-state index in [2.05, 4.69) is 5.32 Å². The summed E-state index contributed by atoms with van der Waals surface area (Å²) in [5, 5.41) is 2.90. The number of carbonyl (C=O) groups is 1. The molecule has 6 heteroatoms. The molecule has 1 unspecified atom stereocenters. The van der Waals surface area contributed by atoms with Crippen LogP contribution in [0, 0.1) is 0 Å². The maximum Gasteiger partial charge on any atom is 0.230 e. The minimum atomic E-state index is -2.97. The van der Waals surface area contributed by atoms with Crippen LogP contribution in [-0.2, 0) is 20.0 Å².